The molecule has 3 heteroatoms. The average Bonchev–Trinajstić information content (AvgIpc) is 2.59. The van der Waals surface area contributed by atoms with Crippen LogP contribution in [0.4, 0.5) is 0 Å². The van der Waals surface area contributed by atoms with E-state index in [0.717, 1.165) is 11.8 Å². The highest BCUT2D eigenvalue weighted by molar-refractivity contribution is 9.09. The number of unbranched alkanes of at least 4 members (excludes halogenated alkanes) is 4. The highest BCUT2D eigenvalue weighted by Crippen LogP contribution is 2.25. The second-order valence-electron chi connectivity index (χ2n) is 3.85. The first-order chi connectivity index (χ1) is 6.77. The molecular formula is C11H19BrO2. The van der Waals surface area contributed by atoms with Crippen LogP contribution in [0, 0.1) is 0 Å². The van der Waals surface area contributed by atoms with Gasteiger partial charge in [-0.25, -0.2) is 0 Å². The zero-order valence-electron chi connectivity index (χ0n) is 8.80. The van der Waals surface area contributed by atoms with Crippen LogP contribution in [0.3, 0.4) is 0 Å². The Morgan fingerprint density at radius 1 is 1.00 bits per heavy atom. The lowest BCUT2D eigenvalue weighted by Gasteiger charge is -2.22. The van der Waals surface area contributed by atoms with Gasteiger partial charge in [0.15, 0.2) is 0 Å². The Labute approximate surface area is 94.8 Å². The minimum absolute atomic E-state index is 0.380. The fourth-order valence-electron chi connectivity index (χ4n) is 1.56. The fraction of sp³-hybridized carbons (Fsp3) is 0.818. The summed E-state index contributed by atoms with van der Waals surface area (Å²) < 4.78 is 10.7. The van der Waals surface area contributed by atoms with Gasteiger partial charge in [0.05, 0.1) is 0 Å². The Kier molecular flexibility index (Phi) is 5.38. The third kappa shape index (κ3) is 4.36. The second-order valence-corrected chi connectivity index (χ2v) is 4.64. The van der Waals surface area contributed by atoms with Crippen molar-refractivity contribution in [3.63, 3.8) is 0 Å². The van der Waals surface area contributed by atoms with Crippen molar-refractivity contribution in [2.45, 2.75) is 51.2 Å². The van der Waals surface area contributed by atoms with E-state index in [-0.39, 0.29) is 5.79 Å². The van der Waals surface area contributed by atoms with Crippen molar-refractivity contribution in [1.29, 1.82) is 0 Å². The summed E-state index contributed by atoms with van der Waals surface area (Å²) in [5.74, 6) is -0.380. The fourth-order valence-corrected chi connectivity index (χ4v) is 1.96. The van der Waals surface area contributed by atoms with Crippen molar-refractivity contribution in [2.75, 3.05) is 5.33 Å². The number of hydrogen-bond donors (Lipinski definition) is 0. The number of halogens is 1. The molecule has 0 N–H and O–H groups in total. The lowest BCUT2D eigenvalue weighted by molar-refractivity contribution is -0.131. The SMILES string of the molecule is CC1(CCCCCCCBr)OC=CO1. The molecule has 0 aliphatic carbocycles. The molecule has 0 spiro atoms. The van der Waals surface area contributed by atoms with E-state index in [4.69, 9.17) is 9.47 Å². The topological polar surface area (TPSA) is 18.5 Å². The molecule has 0 radical (unpaired) electrons. The maximum absolute atomic E-state index is 5.36. The Morgan fingerprint density at radius 2 is 1.57 bits per heavy atom. The molecule has 1 heterocycles. The van der Waals surface area contributed by atoms with Crippen LogP contribution in [-0.4, -0.2) is 11.1 Å². The Morgan fingerprint density at radius 3 is 2.21 bits per heavy atom. The smallest absolute Gasteiger partial charge is 0.247 e. The molecule has 0 aromatic heterocycles. The van der Waals surface area contributed by atoms with Crippen molar-refractivity contribution in [3.8, 4) is 0 Å². The molecular weight excluding hydrogens is 244 g/mol. The molecule has 1 aliphatic heterocycles. The average molecular weight is 263 g/mol. The van der Waals surface area contributed by atoms with Crippen molar-refractivity contribution in [2.24, 2.45) is 0 Å². The molecule has 14 heavy (non-hydrogen) atoms. The van der Waals surface area contributed by atoms with Gasteiger partial charge in [0.1, 0.15) is 12.5 Å². The number of rotatable bonds is 7. The van der Waals surface area contributed by atoms with Crippen molar-refractivity contribution >= 4 is 15.9 Å². The van der Waals surface area contributed by atoms with E-state index in [1.54, 1.807) is 12.5 Å². The van der Waals surface area contributed by atoms with E-state index in [1.165, 1.54) is 32.1 Å². The highest BCUT2D eigenvalue weighted by atomic mass is 79.9. The lowest BCUT2D eigenvalue weighted by atomic mass is 10.1. The van der Waals surface area contributed by atoms with Crippen LogP contribution in [0.5, 0.6) is 0 Å². The van der Waals surface area contributed by atoms with Crippen molar-refractivity contribution in [1.82, 2.24) is 0 Å². The largest absolute Gasteiger partial charge is 0.457 e. The number of alkyl halides is 1. The van der Waals surface area contributed by atoms with Crippen LogP contribution >= 0.6 is 15.9 Å². The minimum atomic E-state index is -0.380. The number of ether oxygens (including phenoxy) is 2. The molecule has 0 amide bonds. The first-order valence-corrected chi connectivity index (χ1v) is 6.46. The molecule has 1 rings (SSSR count). The third-order valence-corrected chi connectivity index (χ3v) is 3.02. The van der Waals surface area contributed by atoms with Crippen molar-refractivity contribution < 1.29 is 9.47 Å². The van der Waals surface area contributed by atoms with Gasteiger partial charge in [-0.15, -0.1) is 0 Å². The molecule has 0 saturated heterocycles. The molecule has 0 fully saturated rings. The van der Waals surface area contributed by atoms with E-state index >= 15 is 0 Å². The Hall–Kier alpha value is -0.180. The van der Waals surface area contributed by atoms with E-state index in [1.807, 2.05) is 6.92 Å². The highest BCUT2D eigenvalue weighted by Gasteiger charge is 2.28. The van der Waals surface area contributed by atoms with Gasteiger partial charge in [0, 0.05) is 18.7 Å². The monoisotopic (exact) mass is 262 g/mol. The molecule has 2 nitrogen and oxygen atoms in total. The molecule has 0 aromatic rings. The Balaban J connectivity index is 1.93. The summed E-state index contributed by atoms with van der Waals surface area (Å²) in [4.78, 5) is 0. The van der Waals surface area contributed by atoms with E-state index in [2.05, 4.69) is 15.9 Å². The quantitative estimate of drug-likeness (QED) is 0.511. The summed E-state index contributed by atoms with van der Waals surface area (Å²) in [6, 6.07) is 0. The molecule has 0 unspecified atom stereocenters. The van der Waals surface area contributed by atoms with Gasteiger partial charge in [0.25, 0.3) is 0 Å². The number of hydrogen-bond acceptors (Lipinski definition) is 2. The Bertz CT molecular complexity index is 172. The molecule has 0 saturated carbocycles. The minimum Gasteiger partial charge on any atom is -0.457 e. The first kappa shape index (κ1) is 11.9. The van der Waals surface area contributed by atoms with Crippen LogP contribution in [0.25, 0.3) is 0 Å². The second kappa shape index (κ2) is 6.33. The maximum Gasteiger partial charge on any atom is 0.247 e. The van der Waals surface area contributed by atoms with Gasteiger partial charge in [-0.05, 0) is 12.8 Å². The van der Waals surface area contributed by atoms with Gasteiger partial charge < -0.3 is 9.47 Å². The normalized spacial score (nSPS) is 17.9. The summed E-state index contributed by atoms with van der Waals surface area (Å²) in [5.41, 5.74) is 0. The summed E-state index contributed by atoms with van der Waals surface area (Å²) in [6.07, 6.45) is 10.6. The van der Waals surface area contributed by atoms with Crippen LogP contribution in [0.1, 0.15) is 45.4 Å². The molecule has 0 bridgehead atoms. The maximum atomic E-state index is 5.36. The zero-order valence-corrected chi connectivity index (χ0v) is 10.4. The lowest BCUT2D eigenvalue weighted by Crippen LogP contribution is -2.24. The van der Waals surface area contributed by atoms with E-state index in [9.17, 15) is 0 Å². The summed E-state index contributed by atoms with van der Waals surface area (Å²) in [6.45, 7) is 1.99. The van der Waals surface area contributed by atoms with E-state index < -0.39 is 0 Å². The van der Waals surface area contributed by atoms with Crippen LogP contribution in [-0.2, 0) is 9.47 Å². The standard InChI is InChI=1S/C11H19BrO2/c1-11(13-9-10-14-11)7-5-3-2-4-6-8-12/h9-10H,2-8H2,1H3. The van der Waals surface area contributed by atoms with Gasteiger partial charge >= 0.3 is 0 Å². The first-order valence-electron chi connectivity index (χ1n) is 5.33. The van der Waals surface area contributed by atoms with Crippen LogP contribution in [0.15, 0.2) is 12.5 Å². The van der Waals surface area contributed by atoms with Gasteiger partial charge in [0.2, 0.25) is 5.79 Å². The zero-order chi connectivity index (χ0) is 10.3. The van der Waals surface area contributed by atoms with Crippen LogP contribution < -0.4 is 0 Å². The van der Waals surface area contributed by atoms with Crippen LogP contribution in [0.2, 0.25) is 0 Å². The van der Waals surface area contributed by atoms with Crippen molar-refractivity contribution in [3.05, 3.63) is 12.5 Å². The molecule has 0 aromatic carbocycles. The predicted molar refractivity (Wildman–Crippen MR) is 61.2 cm³/mol. The summed E-state index contributed by atoms with van der Waals surface area (Å²) >= 11 is 3.43. The third-order valence-electron chi connectivity index (χ3n) is 2.45. The molecule has 82 valence electrons. The van der Waals surface area contributed by atoms with E-state index in [0.29, 0.717) is 0 Å². The molecule has 0 atom stereocenters. The van der Waals surface area contributed by atoms with Gasteiger partial charge in [-0.3, -0.25) is 0 Å². The summed E-state index contributed by atoms with van der Waals surface area (Å²) in [5, 5.41) is 1.13. The summed E-state index contributed by atoms with van der Waals surface area (Å²) in [7, 11) is 0. The van der Waals surface area contributed by atoms with Gasteiger partial charge in [-0.2, -0.15) is 0 Å². The molecule has 1 aliphatic rings. The van der Waals surface area contributed by atoms with Gasteiger partial charge in [-0.1, -0.05) is 35.2 Å². The predicted octanol–water partition coefficient (Wildman–Crippen LogP) is 3.96.